The lowest BCUT2D eigenvalue weighted by atomic mass is 10.0. The first kappa shape index (κ1) is 22.6. The smallest absolute Gasteiger partial charge is 0.251 e. The van der Waals surface area contributed by atoms with Crippen LogP contribution in [0.1, 0.15) is 49.2 Å². The molecule has 0 spiro atoms. The molecule has 0 aromatic heterocycles. The maximum Gasteiger partial charge on any atom is 0.251 e. The second-order valence-electron chi connectivity index (χ2n) is 7.27. The van der Waals surface area contributed by atoms with Crippen molar-refractivity contribution in [2.45, 2.75) is 39.3 Å². The van der Waals surface area contributed by atoms with Crippen molar-refractivity contribution in [3.63, 3.8) is 0 Å². The summed E-state index contributed by atoms with van der Waals surface area (Å²) >= 11 is 0. The maximum atomic E-state index is 13.0. The summed E-state index contributed by atoms with van der Waals surface area (Å²) in [6.07, 6.45) is 0.657. The molecule has 2 atom stereocenters. The van der Waals surface area contributed by atoms with Crippen molar-refractivity contribution in [3.8, 4) is 0 Å². The minimum atomic E-state index is -0.670. The summed E-state index contributed by atoms with van der Waals surface area (Å²) in [5.41, 5.74) is 1.42. The Hall–Kier alpha value is -2.73. The number of ether oxygens (including phenoxy) is 1. The molecule has 0 saturated carbocycles. The van der Waals surface area contributed by atoms with Crippen molar-refractivity contribution >= 4 is 11.8 Å². The molecular weight excluding hydrogens is 371 g/mol. The number of rotatable bonds is 10. The van der Waals surface area contributed by atoms with E-state index in [-0.39, 0.29) is 17.9 Å². The SMILES string of the molecule is CC(OCCCNC(=O)C(NC(=O)c1ccc(F)cc1)C(C)C)c1ccccc1. The molecule has 0 fully saturated rings. The number of hydrogen-bond acceptors (Lipinski definition) is 3. The van der Waals surface area contributed by atoms with E-state index >= 15 is 0 Å². The number of halogens is 1. The number of benzene rings is 2. The summed E-state index contributed by atoms with van der Waals surface area (Å²) in [7, 11) is 0. The summed E-state index contributed by atoms with van der Waals surface area (Å²) in [4.78, 5) is 24.8. The first-order chi connectivity index (χ1) is 13.9. The predicted molar refractivity (Wildman–Crippen MR) is 111 cm³/mol. The first-order valence-corrected chi connectivity index (χ1v) is 9.89. The average Bonchev–Trinajstić information content (AvgIpc) is 2.72. The van der Waals surface area contributed by atoms with E-state index in [4.69, 9.17) is 4.74 Å². The third-order valence-electron chi connectivity index (χ3n) is 4.60. The molecule has 156 valence electrons. The summed E-state index contributed by atoms with van der Waals surface area (Å²) in [6.45, 7) is 6.69. The fourth-order valence-electron chi connectivity index (χ4n) is 2.83. The molecule has 0 aliphatic heterocycles. The van der Waals surface area contributed by atoms with Gasteiger partial charge in [-0.05, 0) is 49.1 Å². The predicted octanol–water partition coefficient (Wildman–Crippen LogP) is 3.86. The van der Waals surface area contributed by atoms with E-state index < -0.39 is 17.8 Å². The molecule has 0 saturated heterocycles. The molecule has 2 rings (SSSR count). The Labute approximate surface area is 171 Å². The van der Waals surface area contributed by atoms with Crippen LogP contribution in [0, 0.1) is 11.7 Å². The number of carbonyl (C=O) groups excluding carboxylic acids is 2. The van der Waals surface area contributed by atoms with Gasteiger partial charge in [-0.3, -0.25) is 9.59 Å². The Kier molecular flexibility index (Phi) is 8.80. The van der Waals surface area contributed by atoms with Crippen LogP contribution >= 0.6 is 0 Å². The first-order valence-electron chi connectivity index (χ1n) is 9.89. The second-order valence-corrected chi connectivity index (χ2v) is 7.27. The highest BCUT2D eigenvalue weighted by Crippen LogP contribution is 2.15. The van der Waals surface area contributed by atoms with Gasteiger partial charge >= 0.3 is 0 Å². The maximum absolute atomic E-state index is 13.0. The van der Waals surface area contributed by atoms with Crippen LogP contribution in [-0.4, -0.2) is 31.0 Å². The summed E-state index contributed by atoms with van der Waals surface area (Å²) in [6, 6.07) is 14.5. The largest absolute Gasteiger partial charge is 0.374 e. The summed E-state index contributed by atoms with van der Waals surface area (Å²) in [5, 5.41) is 5.58. The van der Waals surface area contributed by atoms with E-state index in [1.807, 2.05) is 51.1 Å². The Bertz CT molecular complexity index is 778. The molecule has 2 aromatic rings. The van der Waals surface area contributed by atoms with Gasteiger partial charge in [-0.2, -0.15) is 0 Å². The molecule has 0 radical (unpaired) electrons. The van der Waals surface area contributed by atoms with Gasteiger partial charge in [-0.25, -0.2) is 4.39 Å². The van der Waals surface area contributed by atoms with Gasteiger partial charge in [-0.15, -0.1) is 0 Å². The van der Waals surface area contributed by atoms with E-state index in [0.717, 1.165) is 5.56 Å². The number of hydrogen-bond donors (Lipinski definition) is 2. The van der Waals surface area contributed by atoms with Gasteiger partial charge in [0.2, 0.25) is 5.91 Å². The zero-order valence-corrected chi connectivity index (χ0v) is 17.2. The van der Waals surface area contributed by atoms with Crippen molar-refractivity contribution in [2.75, 3.05) is 13.2 Å². The Morgan fingerprint density at radius 3 is 2.28 bits per heavy atom. The Morgan fingerprint density at radius 2 is 1.66 bits per heavy atom. The lowest BCUT2D eigenvalue weighted by molar-refractivity contribution is -0.124. The van der Waals surface area contributed by atoms with Gasteiger partial charge in [0.05, 0.1) is 6.10 Å². The van der Waals surface area contributed by atoms with Crippen LogP contribution in [0.5, 0.6) is 0 Å². The van der Waals surface area contributed by atoms with Crippen LogP contribution in [0.15, 0.2) is 54.6 Å². The lowest BCUT2D eigenvalue weighted by Crippen LogP contribution is -2.50. The molecule has 5 nitrogen and oxygen atoms in total. The molecule has 6 heteroatoms. The van der Waals surface area contributed by atoms with Crippen LogP contribution in [0.3, 0.4) is 0 Å². The molecule has 2 N–H and O–H groups in total. The Morgan fingerprint density at radius 1 is 1.00 bits per heavy atom. The minimum Gasteiger partial charge on any atom is -0.374 e. The van der Waals surface area contributed by atoms with Crippen molar-refractivity contribution in [2.24, 2.45) is 5.92 Å². The third kappa shape index (κ3) is 7.31. The van der Waals surface area contributed by atoms with Crippen molar-refractivity contribution in [1.82, 2.24) is 10.6 Å². The van der Waals surface area contributed by atoms with Gasteiger partial charge in [0.1, 0.15) is 11.9 Å². The van der Waals surface area contributed by atoms with Crippen molar-refractivity contribution in [3.05, 3.63) is 71.5 Å². The van der Waals surface area contributed by atoms with Gasteiger partial charge in [0.25, 0.3) is 5.91 Å². The third-order valence-corrected chi connectivity index (χ3v) is 4.60. The standard InChI is InChI=1S/C23H29FN2O3/c1-16(2)21(26-22(27)19-10-12-20(24)13-11-19)23(28)25-14-7-15-29-17(3)18-8-5-4-6-9-18/h4-6,8-13,16-17,21H,7,14-15H2,1-3H3,(H,25,28)(H,26,27). The second kappa shape index (κ2) is 11.3. The quantitative estimate of drug-likeness (QED) is 0.595. The monoisotopic (exact) mass is 400 g/mol. The van der Waals surface area contributed by atoms with Crippen LogP contribution in [0.25, 0.3) is 0 Å². The minimum absolute atomic E-state index is 0.00897. The van der Waals surface area contributed by atoms with Crippen LogP contribution in [0.2, 0.25) is 0 Å². The summed E-state index contributed by atoms with van der Waals surface area (Å²) < 4.78 is 18.8. The lowest BCUT2D eigenvalue weighted by Gasteiger charge is -2.22. The zero-order chi connectivity index (χ0) is 21.2. The number of nitrogens with one attached hydrogen (secondary N) is 2. The average molecular weight is 400 g/mol. The molecular formula is C23H29FN2O3. The van der Waals surface area contributed by atoms with E-state index in [1.165, 1.54) is 24.3 Å². The molecule has 0 heterocycles. The van der Waals surface area contributed by atoms with Gasteiger partial charge < -0.3 is 15.4 Å². The fraction of sp³-hybridized carbons (Fsp3) is 0.391. The van der Waals surface area contributed by atoms with Crippen molar-refractivity contribution in [1.29, 1.82) is 0 Å². The van der Waals surface area contributed by atoms with Gasteiger partial charge in [-0.1, -0.05) is 44.2 Å². The molecule has 0 bridgehead atoms. The highest BCUT2D eigenvalue weighted by Gasteiger charge is 2.24. The molecule has 0 aliphatic rings. The van der Waals surface area contributed by atoms with Crippen molar-refractivity contribution < 1.29 is 18.7 Å². The van der Waals surface area contributed by atoms with Gasteiger partial charge in [0.15, 0.2) is 0 Å². The molecule has 2 unspecified atom stereocenters. The number of amides is 2. The van der Waals surface area contributed by atoms with E-state index in [0.29, 0.717) is 25.1 Å². The fourth-order valence-corrected chi connectivity index (χ4v) is 2.83. The number of carbonyl (C=O) groups is 2. The molecule has 0 aliphatic carbocycles. The van der Waals surface area contributed by atoms with Crippen LogP contribution in [-0.2, 0) is 9.53 Å². The van der Waals surface area contributed by atoms with Crippen LogP contribution in [0.4, 0.5) is 4.39 Å². The van der Waals surface area contributed by atoms with E-state index in [1.54, 1.807) is 0 Å². The van der Waals surface area contributed by atoms with E-state index in [2.05, 4.69) is 10.6 Å². The molecule has 2 amide bonds. The topological polar surface area (TPSA) is 67.4 Å². The highest BCUT2D eigenvalue weighted by molar-refractivity contribution is 5.97. The van der Waals surface area contributed by atoms with E-state index in [9.17, 15) is 14.0 Å². The summed E-state index contributed by atoms with van der Waals surface area (Å²) in [5.74, 6) is -1.15. The zero-order valence-electron chi connectivity index (χ0n) is 17.2. The molecule has 2 aromatic carbocycles. The van der Waals surface area contributed by atoms with Crippen LogP contribution < -0.4 is 10.6 Å². The molecule has 29 heavy (non-hydrogen) atoms. The Balaban J connectivity index is 1.76. The van der Waals surface area contributed by atoms with Gasteiger partial charge in [0, 0.05) is 18.7 Å². The normalized spacial score (nSPS) is 13.0. The highest BCUT2D eigenvalue weighted by atomic mass is 19.1.